The van der Waals surface area contributed by atoms with Crippen molar-refractivity contribution in [2.24, 2.45) is 11.8 Å². The van der Waals surface area contributed by atoms with E-state index in [4.69, 9.17) is 0 Å². The van der Waals surface area contributed by atoms with Crippen LogP contribution >= 0.6 is 0 Å². The average molecular weight is 404 g/mol. The zero-order valence-corrected chi connectivity index (χ0v) is 16.9. The molecule has 4 atom stereocenters. The molecule has 5 rings (SSSR count). The molecule has 2 bridgehead atoms. The zero-order chi connectivity index (χ0) is 20.7. The van der Waals surface area contributed by atoms with Crippen molar-refractivity contribution < 1.29 is 9.18 Å². The molecule has 4 heterocycles. The molecule has 30 heavy (non-hydrogen) atoms. The van der Waals surface area contributed by atoms with E-state index in [1.54, 1.807) is 24.4 Å². The molecule has 6 heteroatoms. The summed E-state index contributed by atoms with van der Waals surface area (Å²) in [7, 11) is 0. The van der Waals surface area contributed by atoms with Crippen LogP contribution in [0.15, 0.2) is 42.6 Å². The number of benzene rings is 1. The Bertz CT molecular complexity index is 1000. The molecular weight excluding hydrogens is 379 g/mol. The Morgan fingerprint density at radius 2 is 2.07 bits per heavy atom. The summed E-state index contributed by atoms with van der Waals surface area (Å²) in [4.78, 5) is 21.9. The van der Waals surface area contributed by atoms with E-state index < -0.39 is 0 Å². The smallest absolute Gasteiger partial charge is 0.223 e. The summed E-state index contributed by atoms with van der Waals surface area (Å²) in [5.41, 5.74) is 1.53. The van der Waals surface area contributed by atoms with Crippen LogP contribution in [-0.2, 0) is 11.2 Å². The molecule has 0 spiro atoms. The van der Waals surface area contributed by atoms with Gasteiger partial charge in [-0.05, 0) is 67.3 Å². The second-order valence-corrected chi connectivity index (χ2v) is 8.81. The number of pyridine rings is 1. The molecule has 3 saturated heterocycles. The summed E-state index contributed by atoms with van der Waals surface area (Å²) in [5.74, 6) is 1.41. The van der Waals surface area contributed by atoms with Crippen LogP contribution in [0.2, 0.25) is 0 Å². The molecule has 154 valence electrons. The minimum atomic E-state index is -0.236. The summed E-state index contributed by atoms with van der Waals surface area (Å²) in [6.07, 6.45) is 6.03. The molecule has 3 aliphatic heterocycles. The summed E-state index contributed by atoms with van der Waals surface area (Å²) in [6.45, 7) is 1.59. The van der Waals surface area contributed by atoms with Crippen molar-refractivity contribution in [1.29, 1.82) is 5.26 Å². The fourth-order valence-electron chi connectivity index (χ4n) is 5.85. The van der Waals surface area contributed by atoms with Gasteiger partial charge in [0.2, 0.25) is 5.91 Å². The number of hydrogen-bond acceptors (Lipinski definition) is 4. The zero-order valence-electron chi connectivity index (χ0n) is 16.9. The largest absolute Gasteiger partial charge is 0.355 e. The Balaban J connectivity index is 1.49. The van der Waals surface area contributed by atoms with Crippen molar-refractivity contribution in [2.45, 2.75) is 44.2 Å². The molecule has 1 aromatic heterocycles. The predicted molar refractivity (Wildman–Crippen MR) is 111 cm³/mol. The van der Waals surface area contributed by atoms with Gasteiger partial charge in [-0.3, -0.25) is 4.79 Å². The lowest BCUT2D eigenvalue weighted by atomic mass is 9.70. The molecule has 0 radical (unpaired) electrons. The maximum Gasteiger partial charge on any atom is 0.223 e. The predicted octanol–water partition coefficient (Wildman–Crippen LogP) is 3.54. The van der Waals surface area contributed by atoms with Gasteiger partial charge in [0.25, 0.3) is 0 Å². The van der Waals surface area contributed by atoms with Crippen molar-refractivity contribution in [1.82, 2.24) is 9.88 Å². The van der Waals surface area contributed by atoms with Gasteiger partial charge in [0.15, 0.2) is 0 Å². The molecule has 0 saturated carbocycles. The van der Waals surface area contributed by atoms with Crippen molar-refractivity contribution in [3.8, 4) is 6.07 Å². The lowest BCUT2D eigenvalue weighted by Crippen LogP contribution is -2.65. The Morgan fingerprint density at radius 1 is 1.20 bits per heavy atom. The molecule has 3 aliphatic rings. The summed E-state index contributed by atoms with van der Waals surface area (Å²) in [5, 5.41) is 9.54. The van der Waals surface area contributed by atoms with Crippen LogP contribution in [-0.4, -0.2) is 41.0 Å². The first-order valence-corrected chi connectivity index (χ1v) is 10.8. The topological polar surface area (TPSA) is 60.2 Å². The highest BCUT2D eigenvalue weighted by atomic mass is 19.1. The van der Waals surface area contributed by atoms with Gasteiger partial charge in [-0.2, -0.15) is 5.26 Å². The van der Waals surface area contributed by atoms with Crippen LogP contribution < -0.4 is 4.90 Å². The maximum atomic E-state index is 13.8. The number of rotatable bonds is 3. The van der Waals surface area contributed by atoms with Gasteiger partial charge in [-0.25, -0.2) is 9.37 Å². The second-order valence-electron chi connectivity index (χ2n) is 8.81. The van der Waals surface area contributed by atoms with E-state index in [1.807, 2.05) is 12.1 Å². The van der Waals surface area contributed by atoms with E-state index in [2.05, 4.69) is 20.9 Å². The van der Waals surface area contributed by atoms with Crippen molar-refractivity contribution in [3.05, 3.63) is 59.5 Å². The minimum absolute atomic E-state index is 0.0536. The number of aromatic nitrogens is 1. The summed E-state index contributed by atoms with van der Waals surface area (Å²) < 4.78 is 13.8. The Kier molecular flexibility index (Phi) is 4.90. The number of halogens is 1. The monoisotopic (exact) mass is 404 g/mol. The first-order chi connectivity index (χ1) is 14.6. The molecular formula is C24H25FN4O. The molecule has 0 unspecified atom stereocenters. The van der Waals surface area contributed by atoms with Crippen LogP contribution in [0.4, 0.5) is 10.2 Å². The lowest BCUT2D eigenvalue weighted by Gasteiger charge is -2.57. The fraction of sp³-hybridized carbons (Fsp3) is 0.458. The highest BCUT2D eigenvalue weighted by Crippen LogP contribution is 2.43. The Morgan fingerprint density at radius 3 is 2.90 bits per heavy atom. The highest BCUT2D eigenvalue weighted by Gasteiger charge is 2.49. The molecule has 3 fully saturated rings. The van der Waals surface area contributed by atoms with Crippen molar-refractivity contribution in [3.63, 3.8) is 0 Å². The normalized spacial score (nSPS) is 28.1. The van der Waals surface area contributed by atoms with Crippen LogP contribution in [0.3, 0.4) is 0 Å². The fourth-order valence-corrected chi connectivity index (χ4v) is 5.85. The third-order valence-electron chi connectivity index (χ3n) is 7.04. The van der Waals surface area contributed by atoms with Crippen LogP contribution in [0.5, 0.6) is 0 Å². The van der Waals surface area contributed by atoms with E-state index in [9.17, 15) is 14.4 Å². The van der Waals surface area contributed by atoms with Crippen LogP contribution in [0.25, 0.3) is 0 Å². The quantitative estimate of drug-likeness (QED) is 0.785. The number of anilines is 1. The second kappa shape index (κ2) is 7.71. The molecule has 0 aliphatic carbocycles. The third-order valence-corrected chi connectivity index (χ3v) is 7.04. The van der Waals surface area contributed by atoms with Crippen LogP contribution in [0.1, 0.15) is 36.8 Å². The maximum absolute atomic E-state index is 13.8. The van der Waals surface area contributed by atoms with Gasteiger partial charge >= 0.3 is 0 Å². The first kappa shape index (κ1) is 19.0. The third kappa shape index (κ3) is 3.32. The highest BCUT2D eigenvalue weighted by molar-refractivity contribution is 5.78. The summed E-state index contributed by atoms with van der Waals surface area (Å²) in [6, 6.07) is 12.9. The number of nitriles is 1. The molecule has 1 amide bonds. The van der Waals surface area contributed by atoms with Crippen molar-refractivity contribution in [2.75, 3.05) is 18.0 Å². The molecule has 1 aromatic carbocycles. The first-order valence-electron chi connectivity index (χ1n) is 10.8. The van der Waals surface area contributed by atoms with Gasteiger partial charge in [-0.1, -0.05) is 12.1 Å². The number of carbonyl (C=O) groups excluding carboxylic acids is 1. The molecule has 2 aromatic rings. The van der Waals surface area contributed by atoms with Gasteiger partial charge in [0.05, 0.1) is 5.56 Å². The van der Waals surface area contributed by atoms with E-state index in [0.717, 1.165) is 43.7 Å². The SMILES string of the molecule is N#Cc1cccnc1N1C[C@H]2C[C@@H](C1)[C@H](Cc1cccc(F)c1)N1C(=O)CCC[C@@H]21. The van der Waals surface area contributed by atoms with Gasteiger partial charge in [0, 0.05) is 37.8 Å². The number of fused-ring (bicyclic) bond motifs is 4. The molecule has 0 N–H and O–H groups in total. The van der Waals surface area contributed by atoms with Crippen LogP contribution in [0, 0.1) is 29.0 Å². The standard InChI is InChI=1S/C24H25FN4O/c25-20-6-1-4-16(10-20)11-22-19-12-18(21-7-2-8-23(30)29(21)22)14-28(15-19)24-17(13-26)5-3-9-27-24/h1,3-6,9-10,18-19,21-22H,2,7-8,11-12,14-15H2/t18-,19+,21+,22+/m1/s1. The number of hydrogen-bond donors (Lipinski definition) is 0. The van der Waals surface area contributed by atoms with E-state index in [1.165, 1.54) is 6.07 Å². The number of piperidine rings is 3. The van der Waals surface area contributed by atoms with Crippen molar-refractivity contribution >= 4 is 11.7 Å². The number of carbonyl (C=O) groups is 1. The van der Waals surface area contributed by atoms with E-state index >= 15 is 0 Å². The van der Waals surface area contributed by atoms with Gasteiger partial charge in [-0.15, -0.1) is 0 Å². The lowest BCUT2D eigenvalue weighted by molar-refractivity contribution is -0.148. The summed E-state index contributed by atoms with van der Waals surface area (Å²) >= 11 is 0. The van der Waals surface area contributed by atoms with E-state index in [0.29, 0.717) is 24.3 Å². The average Bonchev–Trinajstić information content (AvgIpc) is 2.76. The van der Waals surface area contributed by atoms with E-state index in [-0.39, 0.29) is 29.7 Å². The van der Waals surface area contributed by atoms with Gasteiger partial charge < -0.3 is 9.80 Å². The molecule has 5 nitrogen and oxygen atoms in total. The number of amides is 1. The van der Waals surface area contributed by atoms with Gasteiger partial charge in [0.1, 0.15) is 17.7 Å². The Hall–Kier alpha value is -2.94. The minimum Gasteiger partial charge on any atom is -0.355 e. The number of nitrogens with zero attached hydrogens (tertiary/aromatic N) is 4. The Labute approximate surface area is 176 Å².